The molecule has 0 atom stereocenters. The minimum Gasteiger partial charge on any atom is -0.363 e. The van der Waals surface area contributed by atoms with E-state index in [-0.39, 0.29) is 0 Å². The molecular formula is C10H15N5. The number of aromatic nitrogens is 4. The van der Waals surface area contributed by atoms with Crippen LogP contribution < -0.4 is 5.32 Å². The third kappa shape index (κ3) is 2.01. The number of rotatable bonds is 4. The normalized spacial score (nSPS) is 10.5. The van der Waals surface area contributed by atoms with Crippen LogP contribution in [-0.4, -0.2) is 20.4 Å². The van der Waals surface area contributed by atoms with Crippen LogP contribution in [0.15, 0.2) is 12.3 Å². The molecular weight excluding hydrogens is 190 g/mol. The molecule has 0 radical (unpaired) electrons. The first-order valence-corrected chi connectivity index (χ1v) is 5.07. The Labute approximate surface area is 88.3 Å². The molecule has 0 saturated heterocycles. The Morgan fingerprint density at radius 3 is 2.87 bits per heavy atom. The van der Waals surface area contributed by atoms with Crippen molar-refractivity contribution in [2.24, 2.45) is 0 Å². The van der Waals surface area contributed by atoms with Gasteiger partial charge in [-0.15, -0.1) is 0 Å². The van der Waals surface area contributed by atoms with Crippen molar-refractivity contribution >= 4 is 5.82 Å². The van der Waals surface area contributed by atoms with Crippen LogP contribution in [0.1, 0.15) is 23.9 Å². The Hall–Kier alpha value is -1.78. The molecule has 15 heavy (non-hydrogen) atoms. The molecule has 2 rings (SSSR count). The fraction of sp³-hybridized carbons (Fsp3) is 0.400. The molecule has 5 heteroatoms. The van der Waals surface area contributed by atoms with Crippen LogP contribution in [0, 0.1) is 6.92 Å². The number of hydrogen-bond acceptors (Lipinski definition) is 3. The number of nitrogens with zero attached hydrogens (tertiary/aromatic N) is 2. The van der Waals surface area contributed by atoms with Crippen LogP contribution in [-0.2, 0) is 13.0 Å². The lowest BCUT2D eigenvalue weighted by molar-refractivity contribution is 0.952. The summed E-state index contributed by atoms with van der Waals surface area (Å²) in [5.74, 6) is 0.918. The quantitative estimate of drug-likeness (QED) is 0.710. The van der Waals surface area contributed by atoms with Crippen molar-refractivity contribution in [1.29, 1.82) is 0 Å². The molecule has 2 heterocycles. The van der Waals surface area contributed by atoms with E-state index in [1.807, 2.05) is 6.07 Å². The SMILES string of the molecule is CCc1[nH]nc(NCc2ccn[nH]2)c1C. The van der Waals surface area contributed by atoms with Crippen molar-refractivity contribution in [2.75, 3.05) is 5.32 Å². The van der Waals surface area contributed by atoms with Gasteiger partial charge in [0.25, 0.3) is 0 Å². The van der Waals surface area contributed by atoms with Crippen molar-refractivity contribution < 1.29 is 0 Å². The molecule has 0 aliphatic heterocycles. The number of anilines is 1. The summed E-state index contributed by atoms with van der Waals surface area (Å²) in [6.45, 7) is 4.89. The van der Waals surface area contributed by atoms with Gasteiger partial charge >= 0.3 is 0 Å². The predicted molar refractivity (Wildman–Crippen MR) is 58.6 cm³/mol. The highest BCUT2D eigenvalue weighted by Crippen LogP contribution is 2.15. The minimum atomic E-state index is 0.717. The van der Waals surface area contributed by atoms with Gasteiger partial charge in [0.15, 0.2) is 5.82 Å². The zero-order chi connectivity index (χ0) is 10.7. The number of H-pyrrole nitrogens is 2. The zero-order valence-corrected chi connectivity index (χ0v) is 8.96. The van der Waals surface area contributed by atoms with Crippen LogP contribution in [0.3, 0.4) is 0 Å². The van der Waals surface area contributed by atoms with Gasteiger partial charge in [0.2, 0.25) is 0 Å². The number of nitrogens with one attached hydrogen (secondary N) is 3. The Morgan fingerprint density at radius 1 is 1.40 bits per heavy atom. The average Bonchev–Trinajstić information content (AvgIpc) is 2.85. The summed E-state index contributed by atoms with van der Waals surface area (Å²) in [5.41, 5.74) is 3.43. The maximum absolute atomic E-state index is 4.22. The second kappa shape index (κ2) is 4.16. The Morgan fingerprint density at radius 2 is 2.27 bits per heavy atom. The van der Waals surface area contributed by atoms with Gasteiger partial charge in [-0.05, 0) is 19.4 Å². The van der Waals surface area contributed by atoms with E-state index in [1.54, 1.807) is 6.20 Å². The summed E-state index contributed by atoms with van der Waals surface area (Å²) < 4.78 is 0. The summed E-state index contributed by atoms with van der Waals surface area (Å²) in [4.78, 5) is 0. The number of aromatic amines is 2. The molecule has 0 aliphatic carbocycles. The Bertz CT molecular complexity index is 415. The topological polar surface area (TPSA) is 69.4 Å². The van der Waals surface area contributed by atoms with E-state index in [4.69, 9.17) is 0 Å². The lowest BCUT2D eigenvalue weighted by Crippen LogP contribution is -2.01. The molecule has 0 bridgehead atoms. The summed E-state index contributed by atoms with van der Waals surface area (Å²) in [6, 6.07) is 1.94. The lowest BCUT2D eigenvalue weighted by atomic mass is 10.2. The van der Waals surface area contributed by atoms with Gasteiger partial charge in [0, 0.05) is 17.5 Å². The van der Waals surface area contributed by atoms with Crippen molar-refractivity contribution in [1.82, 2.24) is 20.4 Å². The van der Waals surface area contributed by atoms with Gasteiger partial charge in [-0.2, -0.15) is 10.2 Å². The van der Waals surface area contributed by atoms with Crippen LogP contribution in [0.5, 0.6) is 0 Å². The molecule has 80 valence electrons. The third-order valence-electron chi connectivity index (χ3n) is 2.47. The highest BCUT2D eigenvalue weighted by molar-refractivity contribution is 5.45. The first-order valence-electron chi connectivity index (χ1n) is 5.07. The van der Waals surface area contributed by atoms with E-state index in [0.29, 0.717) is 0 Å². The highest BCUT2D eigenvalue weighted by atomic mass is 15.2. The van der Waals surface area contributed by atoms with Gasteiger partial charge < -0.3 is 5.32 Å². The van der Waals surface area contributed by atoms with Crippen molar-refractivity contribution in [3.63, 3.8) is 0 Å². The van der Waals surface area contributed by atoms with E-state index in [1.165, 1.54) is 11.3 Å². The van der Waals surface area contributed by atoms with Crippen LogP contribution >= 0.6 is 0 Å². The molecule has 0 fully saturated rings. The maximum atomic E-state index is 4.22. The Balaban J connectivity index is 2.02. The van der Waals surface area contributed by atoms with Gasteiger partial charge in [0.05, 0.1) is 12.2 Å². The first-order chi connectivity index (χ1) is 7.31. The molecule has 5 nitrogen and oxygen atoms in total. The van der Waals surface area contributed by atoms with Crippen LogP contribution in [0.4, 0.5) is 5.82 Å². The fourth-order valence-corrected chi connectivity index (χ4v) is 1.51. The van der Waals surface area contributed by atoms with E-state index < -0.39 is 0 Å². The molecule has 0 spiro atoms. The first kappa shape index (κ1) is 9.76. The highest BCUT2D eigenvalue weighted by Gasteiger charge is 2.06. The summed E-state index contributed by atoms with van der Waals surface area (Å²) in [5, 5.41) is 17.3. The second-order valence-electron chi connectivity index (χ2n) is 3.46. The number of aryl methyl sites for hydroxylation is 1. The second-order valence-corrected chi connectivity index (χ2v) is 3.46. The van der Waals surface area contributed by atoms with Crippen molar-refractivity contribution in [2.45, 2.75) is 26.8 Å². The number of hydrogen-bond donors (Lipinski definition) is 3. The molecule has 2 aromatic rings. The molecule has 3 N–H and O–H groups in total. The zero-order valence-electron chi connectivity index (χ0n) is 8.96. The molecule has 0 unspecified atom stereocenters. The van der Waals surface area contributed by atoms with Crippen molar-refractivity contribution in [3.8, 4) is 0 Å². The smallest absolute Gasteiger partial charge is 0.151 e. The minimum absolute atomic E-state index is 0.717. The van der Waals surface area contributed by atoms with E-state index >= 15 is 0 Å². The molecule has 2 aromatic heterocycles. The Kier molecular flexibility index (Phi) is 2.71. The van der Waals surface area contributed by atoms with E-state index in [2.05, 4.69) is 39.6 Å². The van der Waals surface area contributed by atoms with Crippen LogP contribution in [0.25, 0.3) is 0 Å². The molecule has 0 saturated carbocycles. The molecule has 0 amide bonds. The molecule has 0 aromatic carbocycles. The monoisotopic (exact) mass is 205 g/mol. The van der Waals surface area contributed by atoms with Gasteiger partial charge in [-0.1, -0.05) is 6.92 Å². The summed E-state index contributed by atoms with van der Waals surface area (Å²) in [7, 11) is 0. The van der Waals surface area contributed by atoms with E-state index in [9.17, 15) is 0 Å². The van der Waals surface area contributed by atoms with Gasteiger partial charge in [-0.3, -0.25) is 10.2 Å². The summed E-state index contributed by atoms with van der Waals surface area (Å²) in [6.07, 6.45) is 2.72. The standard InChI is InChI=1S/C10H15N5/c1-3-9-7(2)10(15-14-9)11-6-8-4-5-12-13-8/h4-5H,3,6H2,1-2H3,(H,12,13)(H2,11,14,15). The van der Waals surface area contributed by atoms with E-state index in [0.717, 1.165) is 24.5 Å². The maximum Gasteiger partial charge on any atom is 0.151 e. The van der Waals surface area contributed by atoms with Crippen LogP contribution in [0.2, 0.25) is 0 Å². The summed E-state index contributed by atoms with van der Waals surface area (Å²) >= 11 is 0. The predicted octanol–water partition coefficient (Wildman–Crippen LogP) is 1.62. The van der Waals surface area contributed by atoms with Crippen molar-refractivity contribution in [3.05, 3.63) is 29.2 Å². The van der Waals surface area contributed by atoms with Gasteiger partial charge in [-0.25, -0.2) is 0 Å². The molecule has 0 aliphatic rings. The third-order valence-corrected chi connectivity index (χ3v) is 2.47. The largest absolute Gasteiger partial charge is 0.363 e. The average molecular weight is 205 g/mol. The lowest BCUT2D eigenvalue weighted by Gasteiger charge is -2.01. The fourth-order valence-electron chi connectivity index (χ4n) is 1.51. The van der Waals surface area contributed by atoms with Gasteiger partial charge in [0.1, 0.15) is 0 Å².